The summed E-state index contributed by atoms with van der Waals surface area (Å²) in [5.74, 6) is 1.71. The summed E-state index contributed by atoms with van der Waals surface area (Å²) in [6.45, 7) is 0. The van der Waals surface area contributed by atoms with Gasteiger partial charge in [-0.25, -0.2) is 0 Å². The molecule has 0 bridgehead atoms. The van der Waals surface area contributed by atoms with Crippen molar-refractivity contribution in [3.63, 3.8) is 0 Å². The molecule has 1 heterocycles. The molecular weight excluding hydrogens is 318 g/mol. The maximum absolute atomic E-state index is 12.3. The summed E-state index contributed by atoms with van der Waals surface area (Å²) in [6, 6.07) is 16.9. The fourth-order valence-corrected chi connectivity index (χ4v) is 2.39. The smallest absolute Gasteiger partial charge is 0.227 e. The molecule has 0 aliphatic carbocycles. The summed E-state index contributed by atoms with van der Waals surface area (Å²) >= 11 is 0. The van der Waals surface area contributed by atoms with Crippen molar-refractivity contribution in [2.75, 3.05) is 19.1 Å². The first-order valence-corrected chi connectivity index (χ1v) is 7.96. The molecule has 0 N–H and O–H groups in total. The average molecular weight is 337 g/mol. The number of aromatic nitrogens is 2. The van der Waals surface area contributed by atoms with Crippen molar-refractivity contribution >= 4 is 11.6 Å². The lowest BCUT2D eigenvalue weighted by molar-refractivity contribution is -0.118. The molecule has 0 unspecified atom stereocenters. The van der Waals surface area contributed by atoms with Crippen LogP contribution in [0.3, 0.4) is 0 Å². The Morgan fingerprint density at radius 2 is 1.84 bits per heavy atom. The molecule has 0 aliphatic heterocycles. The molecule has 1 amide bonds. The van der Waals surface area contributed by atoms with Crippen molar-refractivity contribution in [2.45, 2.75) is 12.8 Å². The molecule has 0 saturated heterocycles. The first-order valence-electron chi connectivity index (χ1n) is 7.96. The Labute approximate surface area is 146 Å². The first kappa shape index (κ1) is 16.7. The van der Waals surface area contributed by atoms with E-state index in [1.54, 1.807) is 19.1 Å². The van der Waals surface area contributed by atoms with Crippen LogP contribution in [-0.2, 0) is 11.2 Å². The van der Waals surface area contributed by atoms with E-state index in [9.17, 15) is 4.79 Å². The molecule has 1 aromatic heterocycles. The van der Waals surface area contributed by atoms with Gasteiger partial charge in [0, 0.05) is 31.1 Å². The summed E-state index contributed by atoms with van der Waals surface area (Å²) < 4.78 is 10.4. The number of anilines is 1. The maximum atomic E-state index is 12.3. The van der Waals surface area contributed by atoms with E-state index in [1.165, 1.54) is 0 Å². The first-order chi connectivity index (χ1) is 12.2. The van der Waals surface area contributed by atoms with Crippen LogP contribution in [0.2, 0.25) is 0 Å². The fraction of sp³-hybridized carbons (Fsp3) is 0.211. The number of benzene rings is 2. The van der Waals surface area contributed by atoms with Crippen LogP contribution < -0.4 is 9.64 Å². The number of amides is 1. The Balaban J connectivity index is 1.60. The highest BCUT2D eigenvalue weighted by Crippen LogP contribution is 2.20. The molecule has 2 aromatic carbocycles. The van der Waals surface area contributed by atoms with Crippen LogP contribution in [0, 0.1) is 0 Å². The minimum Gasteiger partial charge on any atom is -0.497 e. The lowest BCUT2D eigenvalue weighted by atomic mass is 10.2. The molecule has 0 spiro atoms. The largest absolute Gasteiger partial charge is 0.497 e. The van der Waals surface area contributed by atoms with Gasteiger partial charge in [0.25, 0.3) is 0 Å². The molecule has 0 fully saturated rings. The van der Waals surface area contributed by atoms with E-state index >= 15 is 0 Å². The van der Waals surface area contributed by atoms with Crippen molar-refractivity contribution in [1.82, 2.24) is 10.1 Å². The second kappa shape index (κ2) is 7.61. The zero-order valence-corrected chi connectivity index (χ0v) is 14.2. The second-order valence-corrected chi connectivity index (χ2v) is 5.53. The topological polar surface area (TPSA) is 68.5 Å². The summed E-state index contributed by atoms with van der Waals surface area (Å²) in [4.78, 5) is 18.3. The van der Waals surface area contributed by atoms with Crippen molar-refractivity contribution in [1.29, 1.82) is 0 Å². The molecule has 6 heteroatoms. The summed E-state index contributed by atoms with van der Waals surface area (Å²) in [5, 5.41) is 3.97. The van der Waals surface area contributed by atoms with E-state index in [0.717, 1.165) is 17.0 Å². The number of aryl methyl sites for hydroxylation is 1. The zero-order valence-electron chi connectivity index (χ0n) is 14.2. The van der Waals surface area contributed by atoms with Gasteiger partial charge in [0.1, 0.15) is 5.75 Å². The van der Waals surface area contributed by atoms with E-state index in [0.29, 0.717) is 24.6 Å². The van der Waals surface area contributed by atoms with Crippen LogP contribution in [0.1, 0.15) is 12.3 Å². The number of nitrogens with zero attached hydrogens (tertiary/aromatic N) is 3. The highest BCUT2D eigenvalue weighted by atomic mass is 16.5. The Kier molecular flexibility index (Phi) is 5.09. The SMILES string of the molecule is COc1ccc(-c2noc(CCC(=O)N(C)c3ccccc3)n2)cc1. The van der Waals surface area contributed by atoms with Gasteiger partial charge in [-0.2, -0.15) is 4.98 Å². The third-order valence-corrected chi connectivity index (χ3v) is 3.89. The van der Waals surface area contributed by atoms with Gasteiger partial charge in [0.2, 0.25) is 17.6 Å². The Morgan fingerprint density at radius 3 is 2.52 bits per heavy atom. The number of carbonyl (C=O) groups excluding carboxylic acids is 1. The molecule has 25 heavy (non-hydrogen) atoms. The molecule has 0 aliphatic rings. The number of carbonyl (C=O) groups is 1. The van der Waals surface area contributed by atoms with Gasteiger partial charge in [-0.15, -0.1) is 0 Å². The average Bonchev–Trinajstić information content (AvgIpc) is 3.15. The highest BCUT2D eigenvalue weighted by Gasteiger charge is 2.14. The summed E-state index contributed by atoms with van der Waals surface area (Å²) in [5.41, 5.74) is 1.69. The predicted octanol–water partition coefficient (Wildman–Crippen LogP) is 3.34. The van der Waals surface area contributed by atoms with Gasteiger partial charge in [-0.05, 0) is 36.4 Å². The highest BCUT2D eigenvalue weighted by molar-refractivity contribution is 5.92. The van der Waals surface area contributed by atoms with Crippen molar-refractivity contribution in [3.05, 3.63) is 60.5 Å². The minimum absolute atomic E-state index is 0.00426. The molecule has 0 atom stereocenters. The third kappa shape index (κ3) is 4.03. The summed E-state index contributed by atoms with van der Waals surface area (Å²) in [6.07, 6.45) is 0.703. The normalized spacial score (nSPS) is 10.5. The summed E-state index contributed by atoms with van der Waals surface area (Å²) in [7, 11) is 3.37. The third-order valence-electron chi connectivity index (χ3n) is 3.89. The number of rotatable bonds is 6. The van der Waals surface area contributed by atoms with E-state index in [2.05, 4.69) is 10.1 Å². The zero-order chi connectivity index (χ0) is 17.6. The van der Waals surface area contributed by atoms with Crippen LogP contribution in [0.25, 0.3) is 11.4 Å². The monoisotopic (exact) mass is 337 g/mol. The molecule has 3 aromatic rings. The fourth-order valence-electron chi connectivity index (χ4n) is 2.39. The van der Waals surface area contributed by atoms with Gasteiger partial charge < -0.3 is 14.2 Å². The lowest BCUT2D eigenvalue weighted by Gasteiger charge is -2.16. The van der Waals surface area contributed by atoms with Crippen LogP contribution in [0.15, 0.2) is 59.1 Å². The maximum Gasteiger partial charge on any atom is 0.227 e. The molecule has 6 nitrogen and oxygen atoms in total. The molecule has 3 rings (SSSR count). The molecule has 0 radical (unpaired) electrons. The van der Waals surface area contributed by atoms with Crippen LogP contribution >= 0.6 is 0 Å². The van der Waals surface area contributed by atoms with Crippen LogP contribution in [0.5, 0.6) is 5.75 Å². The van der Waals surface area contributed by atoms with E-state index in [1.807, 2.05) is 54.6 Å². The minimum atomic E-state index is -0.00426. The number of para-hydroxylation sites is 1. The van der Waals surface area contributed by atoms with Gasteiger partial charge in [0.05, 0.1) is 7.11 Å². The quantitative estimate of drug-likeness (QED) is 0.690. The van der Waals surface area contributed by atoms with E-state index < -0.39 is 0 Å². The second-order valence-electron chi connectivity index (χ2n) is 5.53. The van der Waals surface area contributed by atoms with Gasteiger partial charge in [0.15, 0.2) is 0 Å². The molecule has 0 saturated carbocycles. The van der Waals surface area contributed by atoms with Crippen molar-refractivity contribution in [3.8, 4) is 17.1 Å². The Hall–Kier alpha value is -3.15. The van der Waals surface area contributed by atoms with Crippen molar-refractivity contribution < 1.29 is 14.1 Å². The number of hydrogen-bond acceptors (Lipinski definition) is 5. The molecular formula is C19H19N3O3. The lowest BCUT2D eigenvalue weighted by Crippen LogP contribution is -2.26. The van der Waals surface area contributed by atoms with E-state index in [4.69, 9.17) is 9.26 Å². The Bertz CT molecular complexity index is 829. The van der Waals surface area contributed by atoms with Crippen LogP contribution in [0.4, 0.5) is 5.69 Å². The standard InChI is InChI=1S/C19H19N3O3/c1-22(15-6-4-3-5-7-15)18(23)13-12-17-20-19(21-25-17)14-8-10-16(24-2)11-9-14/h3-11H,12-13H2,1-2H3. The van der Waals surface area contributed by atoms with Crippen molar-refractivity contribution in [2.24, 2.45) is 0 Å². The van der Waals surface area contributed by atoms with Crippen LogP contribution in [-0.4, -0.2) is 30.2 Å². The predicted molar refractivity (Wildman–Crippen MR) is 94.5 cm³/mol. The van der Waals surface area contributed by atoms with Gasteiger partial charge >= 0.3 is 0 Å². The van der Waals surface area contributed by atoms with Gasteiger partial charge in [-0.3, -0.25) is 4.79 Å². The number of hydrogen-bond donors (Lipinski definition) is 0. The number of methoxy groups -OCH3 is 1. The number of ether oxygens (including phenoxy) is 1. The Morgan fingerprint density at radius 1 is 1.12 bits per heavy atom. The van der Waals surface area contributed by atoms with E-state index in [-0.39, 0.29) is 5.91 Å². The molecule has 128 valence electrons. The van der Waals surface area contributed by atoms with Gasteiger partial charge in [-0.1, -0.05) is 23.4 Å².